The van der Waals surface area contributed by atoms with E-state index in [0.29, 0.717) is 35.5 Å². The first-order chi connectivity index (χ1) is 14.6. The number of carbonyl (C=O) groups excluding carboxylic acids is 2. The minimum atomic E-state index is -0.387. The van der Waals surface area contributed by atoms with Gasteiger partial charge in [-0.25, -0.2) is 14.3 Å². The molecule has 1 aromatic heterocycles. The molecule has 1 atom stereocenters. The third kappa shape index (κ3) is 4.48. The van der Waals surface area contributed by atoms with E-state index in [-0.39, 0.29) is 12.0 Å². The Labute approximate surface area is 176 Å². The summed E-state index contributed by atoms with van der Waals surface area (Å²) < 4.78 is 12.2. The van der Waals surface area contributed by atoms with E-state index in [4.69, 9.17) is 9.47 Å². The zero-order valence-electron chi connectivity index (χ0n) is 17.5. The molecule has 1 N–H and O–H groups in total. The first-order valence-electron chi connectivity index (χ1n) is 10.5. The van der Waals surface area contributed by atoms with Crippen LogP contribution in [0.15, 0.2) is 30.5 Å². The van der Waals surface area contributed by atoms with Crippen LogP contribution in [-0.4, -0.2) is 59.1 Å². The number of esters is 1. The second-order valence-corrected chi connectivity index (χ2v) is 7.87. The largest absolute Gasteiger partial charge is 0.462 e. The number of nitrogens with zero attached hydrogens (tertiary/aromatic N) is 3. The fourth-order valence-corrected chi connectivity index (χ4v) is 3.78. The number of benzene rings is 1. The fourth-order valence-electron chi connectivity index (χ4n) is 3.78. The minimum Gasteiger partial charge on any atom is -0.462 e. The molecule has 1 aliphatic heterocycles. The number of carbonyl (C=O) groups is 2. The molecule has 2 amide bonds. The lowest BCUT2D eigenvalue weighted by atomic mass is 10.1. The Hall–Kier alpha value is -2.87. The van der Waals surface area contributed by atoms with E-state index in [1.807, 2.05) is 36.1 Å². The molecule has 1 unspecified atom stereocenters. The maximum absolute atomic E-state index is 13.0. The summed E-state index contributed by atoms with van der Waals surface area (Å²) in [6.07, 6.45) is 4.64. The summed E-state index contributed by atoms with van der Waals surface area (Å²) in [6, 6.07) is 7.72. The lowest BCUT2D eigenvalue weighted by Gasteiger charge is -2.25. The van der Waals surface area contributed by atoms with Gasteiger partial charge >= 0.3 is 12.0 Å². The van der Waals surface area contributed by atoms with E-state index in [2.05, 4.69) is 10.4 Å². The number of amides is 2. The molecule has 2 fully saturated rings. The van der Waals surface area contributed by atoms with Crippen molar-refractivity contribution >= 4 is 17.7 Å². The highest BCUT2D eigenvalue weighted by Crippen LogP contribution is 2.30. The topological polar surface area (TPSA) is 85.7 Å². The van der Waals surface area contributed by atoms with E-state index < -0.39 is 0 Å². The van der Waals surface area contributed by atoms with Gasteiger partial charge in [-0.3, -0.25) is 0 Å². The number of rotatable bonds is 7. The Morgan fingerprint density at radius 2 is 2.17 bits per heavy atom. The normalized spacial score (nSPS) is 18.3. The highest BCUT2D eigenvalue weighted by atomic mass is 16.5. The van der Waals surface area contributed by atoms with E-state index >= 15 is 0 Å². The molecule has 8 nitrogen and oxygen atoms in total. The Balaban J connectivity index is 1.48. The maximum Gasteiger partial charge on any atom is 0.341 e. The van der Waals surface area contributed by atoms with Crippen molar-refractivity contribution in [1.82, 2.24) is 14.7 Å². The number of hydrogen-bond donors (Lipinski definition) is 1. The van der Waals surface area contributed by atoms with Gasteiger partial charge in [0, 0.05) is 30.8 Å². The van der Waals surface area contributed by atoms with E-state index in [9.17, 15) is 9.59 Å². The van der Waals surface area contributed by atoms with Crippen LogP contribution in [0.2, 0.25) is 0 Å². The summed E-state index contributed by atoms with van der Waals surface area (Å²) >= 11 is 0. The summed E-state index contributed by atoms with van der Waals surface area (Å²) in [7, 11) is 0. The van der Waals surface area contributed by atoms with Crippen LogP contribution in [0.5, 0.6) is 0 Å². The van der Waals surface area contributed by atoms with Crippen molar-refractivity contribution in [3.05, 3.63) is 41.7 Å². The highest BCUT2D eigenvalue weighted by Gasteiger charge is 2.35. The van der Waals surface area contributed by atoms with Crippen LogP contribution in [-0.2, 0) is 9.47 Å². The van der Waals surface area contributed by atoms with Gasteiger partial charge in [-0.05, 0) is 51.3 Å². The molecule has 1 saturated heterocycles. The molecule has 0 bridgehead atoms. The third-order valence-electron chi connectivity index (χ3n) is 5.57. The molecule has 4 rings (SSSR count). The van der Waals surface area contributed by atoms with E-state index in [0.717, 1.165) is 44.7 Å². The predicted molar refractivity (Wildman–Crippen MR) is 112 cm³/mol. The number of urea groups is 1. The van der Waals surface area contributed by atoms with Crippen LogP contribution in [0, 0.1) is 12.8 Å². The van der Waals surface area contributed by atoms with Crippen molar-refractivity contribution in [2.45, 2.75) is 39.2 Å². The molecule has 0 radical (unpaired) electrons. The Morgan fingerprint density at radius 3 is 2.87 bits per heavy atom. The molecular formula is C22H28N4O4. The summed E-state index contributed by atoms with van der Waals surface area (Å²) in [6.45, 7) is 6.15. The molecule has 30 heavy (non-hydrogen) atoms. The smallest absolute Gasteiger partial charge is 0.341 e. The SMILES string of the molecule is CCOC(=O)c1cnn(-c2cccc(NC(=O)N(CC3CCOC3)C3CC3)c2)c1C. The molecule has 2 aromatic rings. The molecule has 1 saturated carbocycles. The van der Waals surface area contributed by atoms with Crippen LogP contribution in [0.25, 0.3) is 5.69 Å². The molecular weight excluding hydrogens is 384 g/mol. The molecule has 2 aliphatic rings. The Morgan fingerprint density at radius 1 is 1.33 bits per heavy atom. The monoisotopic (exact) mass is 412 g/mol. The quantitative estimate of drug-likeness (QED) is 0.705. The first kappa shape index (κ1) is 20.4. The molecule has 160 valence electrons. The second-order valence-electron chi connectivity index (χ2n) is 7.87. The van der Waals surface area contributed by atoms with Crippen molar-refractivity contribution in [2.24, 2.45) is 5.92 Å². The van der Waals surface area contributed by atoms with Gasteiger partial charge in [0.05, 0.1) is 30.8 Å². The predicted octanol–water partition coefficient (Wildman–Crippen LogP) is 3.39. The molecule has 2 heterocycles. The highest BCUT2D eigenvalue weighted by molar-refractivity contribution is 5.91. The van der Waals surface area contributed by atoms with Gasteiger partial charge in [0.25, 0.3) is 0 Å². The van der Waals surface area contributed by atoms with Gasteiger partial charge in [0.1, 0.15) is 5.56 Å². The average molecular weight is 412 g/mol. The van der Waals surface area contributed by atoms with Gasteiger partial charge in [-0.2, -0.15) is 5.10 Å². The van der Waals surface area contributed by atoms with Gasteiger partial charge < -0.3 is 19.7 Å². The van der Waals surface area contributed by atoms with Crippen LogP contribution in [0.3, 0.4) is 0 Å². The number of aromatic nitrogens is 2. The minimum absolute atomic E-state index is 0.0778. The van der Waals surface area contributed by atoms with Gasteiger partial charge in [0.2, 0.25) is 0 Å². The number of hydrogen-bond acceptors (Lipinski definition) is 5. The van der Waals surface area contributed by atoms with Crippen molar-refractivity contribution < 1.29 is 19.1 Å². The summed E-state index contributed by atoms with van der Waals surface area (Å²) in [5, 5.41) is 7.36. The summed E-state index contributed by atoms with van der Waals surface area (Å²) in [5.41, 5.74) is 2.59. The number of anilines is 1. The second kappa shape index (κ2) is 8.87. The lowest BCUT2D eigenvalue weighted by Crippen LogP contribution is -2.40. The zero-order chi connectivity index (χ0) is 21.1. The summed E-state index contributed by atoms with van der Waals surface area (Å²) in [4.78, 5) is 27.0. The zero-order valence-corrected chi connectivity index (χ0v) is 17.5. The van der Waals surface area contributed by atoms with Crippen LogP contribution in [0.4, 0.5) is 10.5 Å². The van der Waals surface area contributed by atoms with Crippen LogP contribution < -0.4 is 5.32 Å². The van der Waals surface area contributed by atoms with Crippen molar-refractivity contribution in [3.8, 4) is 5.69 Å². The Bertz CT molecular complexity index is 916. The van der Waals surface area contributed by atoms with E-state index in [1.54, 1.807) is 11.6 Å². The first-order valence-corrected chi connectivity index (χ1v) is 10.5. The van der Waals surface area contributed by atoms with E-state index in [1.165, 1.54) is 6.20 Å². The number of ether oxygens (including phenoxy) is 2. The average Bonchev–Trinajstić information content (AvgIpc) is 3.29. The van der Waals surface area contributed by atoms with Gasteiger partial charge in [-0.15, -0.1) is 0 Å². The lowest BCUT2D eigenvalue weighted by molar-refractivity contribution is 0.0525. The fraction of sp³-hybridized carbons (Fsp3) is 0.500. The summed E-state index contributed by atoms with van der Waals surface area (Å²) in [5.74, 6) is 0.0254. The standard InChI is InChI=1S/C22H28N4O4/c1-3-30-21(27)20-12-23-26(15(20)2)19-6-4-5-17(11-19)24-22(28)25(18-7-8-18)13-16-9-10-29-14-16/h4-6,11-12,16,18H,3,7-10,13-14H2,1-2H3,(H,24,28). The maximum atomic E-state index is 13.0. The molecule has 1 aromatic carbocycles. The van der Waals surface area contributed by atoms with Crippen molar-refractivity contribution in [1.29, 1.82) is 0 Å². The molecule has 1 aliphatic carbocycles. The van der Waals surface area contributed by atoms with Gasteiger partial charge in [-0.1, -0.05) is 6.07 Å². The van der Waals surface area contributed by atoms with Crippen molar-refractivity contribution in [3.63, 3.8) is 0 Å². The molecule has 0 spiro atoms. The Kier molecular flexibility index (Phi) is 6.03. The van der Waals surface area contributed by atoms with Crippen molar-refractivity contribution in [2.75, 3.05) is 31.7 Å². The third-order valence-corrected chi connectivity index (χ3v) is 5.57. The number of nitrogens with one attached hydrogen (secondary N) is 1. The molecule has 8 heteroatoms. The van der Waals surface area contributed by atoms with Gasteiger partial charge in [0.15, 0.2) is 0 Å². The van der Waals surface area contributed by atoms with Crippen LogP contribution >= 0.6 is 0 Å². The van der Waals surface area contributed by atoms with Crippen LogP contribution in [0.1, 0.15) is 42.2 Å².